The molecule has 1 unspecified atom stereocenters. The number of carbonyl (C=O) groups excluding carboxylic acids is 4. The van der Waals surface area contributed by atoms with E-state index in [0.717, 1.165) is 23.2 Å². The Morgan fingerprint density at radius 2 is 1.90 bits per heavy atom. The zero-order valence-electron chi connectivity index (χ0n) is 16.5. The summed E-state index contributed by atoms with van der Waals surface area (Å²) >= 11 is 6.04. The number of hydrogen-bond donors (Lipinski definition) is 2. The van der Waals surface area contributed by atoms with Gasteiger partial charge in [0.2, 0.25) is 11.8 Å². The first kappa shape index (κ1) is 19.6. The summed E-state index contributed by atoms with van der Waals surface area (Å²) in [6, 6.07) is 9.65. The molecule has 8 nitrogen and oxygen atoms in total. The average Bonchev–Trinajstić information content (AvgIpc) is 3.29. The highest BCUT2D eigenvalue weighted by Gasteiger charge is 2.39. The molecule has 3 aliphatic rings. The van der Waals surface area contributed by atoms with Crippen molar-refractivity contribution < 1.29 is 19.2 Å². The molecule has 1 saturated heterocycles. The Bertz CT molecular complexity index is 1150. The molecule has 0 radical (unpaired) electrons. The molecular formula is C22H19ClN4O4. The predicted octanol–water partition coefficient (Wildman–Crippen LogP) is 2.70. The first-order valence-electron chi connectivity index (χ1n) is 10.1. The number of nitrogens with zero attached hydrogens (tertiary/aromatic N) is 2. The van der Waals surface area contributed by atoms with E-state index in [1.54, 1.807) is 29.2 Å². The Morgan fingerprint density at radius 3 is 2.71 bits per heavy atom. The Hall–Kier alpha value is -3.39. The molecule has 2 N–H and O–H groups in total. The van der Waals surface area contributed by atoms with Gasteiger partial charge in [0.1, 0.15) is 6.04 Å². The van der Waals surface area contributed by atoms with Crippen LogP contribution >= 0.6 is 11.6 Å². The molecule has 5 amide bonds. The minimum atomic E-state index is -0.663. The normalized spacial score (nSPS) is 19.9. The van der Waals surface area contributed by atoms with Crippen molar-refractivity contribution in [1.82, 2.24) is 10.2 Å². The Balaban J connectivity index is 1.31. The molecule has 158 valence electrons. The minimum absolute atomic E-state index is 0.209. The van der Waals surface area contributed by atoms with Crippen LogP contribution in [0.25, 0.3) is 0 Å². The van der Waals surface area contributed by atoms with Gasteiger partial charge in [-0.25, -0.2) is 4.79 Å². The van der Waals surface area contributed by atoms with E-state index in [2.05, 4.69) is 10.6 Å². The fraction of sp³-hybridized carbons (Fsp3) is 0.273. The monoisotopic (exact) mass is 438 g/mol. The maximum absolute atomic E-state index is 12.8. The molecule has 1 atom stereocenters. The SMILES string of the molecule is O=C1CCC(N2Cc3cc(NC(=O)N4CCc5cc(Cl)ccc54)ccc3C2=O)C(=O)N1. The Labute approximate surface area is 183 Å². The number of halogens is 1. The molecule has 9 heteroatoms. The minimum Gasteiger partial charge on any atom is -0.322 e. The van der Waals surface area contributed by atoms with E-state index >= 15 is 0 Å². The lowest BCUT2D eigenvalue weighted by atomic mass is 10.0. The summed E-state index contributed by atoms with van der Waals surface area (Å²) in [4.78, 5) is 52.3. The van der Waals surface area contributed by atoms with Crippen LogP contribution in [0.2, 0.25) is 5.02 Å². The van der Waals surface area contributed by atoms with Gasteiger partial charge in [-0.15, -0.1) is 0 Å². The fourth-order valence-electron chi connectivity index (χ4n) is 4.42. The number of carbonyl (C=O) groups is 4. The van der Waals surface area contributed by atoms with Gasteiger partial charge >= 0.3 is 6.03 Å². The molecule has 0 aliphatic carbocycles. The van der Waals surface area contributed by atoms with Gasteiger partial charge in [0.15, 0.2) is 0 Å². The maximum Gasteiger partial charge on any atom is 0.326 e. The summed E-state index contributed by atoms with van der Waals surface area (Å²) in [5.41, 5.74) is 3.68. The third-order valence-electron chi connectivity index (χ3n) is 5.96. The van der Waals surface area contributed by atoms with E-state index < -0.39 is 11.9 Å². The summed E-state index contributed by atoms with van der Waals surface area (Å²) in [6.45, 7) is 0.823. The highest BCUT2D eigenvalue weighted by Crippen LogP contribution is 2.32. The second kappa shape index (κ2) is 7.39. The van der Waals surface area contributed by atoms with Crippen LogP contribution < -0.4 is 15.5 Å². The van der Waals surface area contributed by atoms with Crippen molar-refractivity contribution in [1.29, 1.82) is 0 Å². The molecule has 3 aliphatic heterocycles. The number of piperidine rings is 1. The zero-order chi connectivity index (χ0) is 21.7. The van der Waals surface area contributed by atoms with E-state index in [1.807, 2.05) is 12.1 Å². The largest absolute Gasteiger partial charge is 0.326 e. The van der Waals surface area contributed by atoms with Gasteiger partial charge in [-0.05, 0) is 60.4 Å². The first-order chi connectivity index (χ1) is 14.9. The third kappa shape index (κ3) is 3.42. The highest BCUT2D eigenvalue weighted by atomic mass is 35.5. The molecule has 0 saturated carbocycles. The lowest BCUT2D eigenvalue weighted by Gasteiger charge is -2.29. The topological polar surface area (TPSA) is 98.8 Å². The summed E-state index contributed by atoms with van der Waals surface area (Å²) in [7, 11) is 0. The van der Waals surface area contributed by atoms with Crippen LogP contribution in [0.4, 0.5) is 16.2 Å². The average molecular weight is 439 g/mol. The van der Waals surface area contributed by atoms with Crippen LogP contribution in [0.15, 0.2) is 36.4 Å². The summed E-state index contributed by atoms with van der Waals surface area (Å²) in [5.74, 6) is -1.01. The molecule has 0 aromatic heterocycles. The van der Waals surface area contributed by atoms with E-state index in [1.165, 1.54) is 4.90 Å². The first-order valence-corrected chi connectivity index (χ1v) is 10.4. The molecule has 5 rings (SSSR count). The van der Waals surface area contributed by atoms with Crippen molar-refractivity contribution in [2.24, 2.45) is 0 Å². The van der Waals surface area contributed by atoms with Gasteiger partial charge in [0, 0.05) is 41.5 Å². The van der Waals surface area contributed by atoms with Crippen molar-refractivity contribution in [3.8, 4) is 0 Å². The van der Waals surface area contributed by atoms with Crippen molar-refractivity contribution in [3.05, 3.63) is 58.1 Å². The predicted molar refractivity (Wildman–Crippen MR) is 114 cm³/mol. The molecule has 3 heterocycles. The number of nitrogens with one attached hydrogen (secondary N) is 2. The molecule has 31 heavy (non-hydrogen) atoms. The lowest BCUT2D eigenvalue weighted by molar-refractivity contribution is -0.136. The van der Waals surface area contributed by atoms with Gasteiger partial charge in [0.25, 0.3) is 5.91 Å². The number of urea groups is 1. The number of hydrogen-bond acceptors (Lipinski definition) is 4. The van der Waals surface area contributed by atoms with Gasteiger partial charge < -0.3 is 10.2 Å². The van der Waals surface area contributed by atoms with Crippen LogP contribution in [-0.4, -0.2) is 41.2 Å². The molecule has 1 fully saturated rings. The van der Waals surface area contributed by atoms with E-state index in [9.17, 15) is 19.2 Å². The van der Waals surface area contributed by atoms with Crippen molar-refractivity contribution in [2.75, 3.05) is 16.8 Å². The smallest absolute Gasteiger partial charge is 0.322 e. The van der Waals surface area contributed by atoms with Crippen molar-refractivity contribution in [2.45, 2.75) is 31.8 Å². The summed E-state index contributed by atoms with van der Waals surface area (Å²) in [6.07, 6.45) is 1.26. The third-order valence-corrected chi connectivity index (χ3v) is 6.19. The Morgan fingerprint density at radius 1 is 1.06 bits per heavy atom. The number of amides is 5. The maximum atomic E-state index is 12.8. The second-order valence-corrected chi connectivity index (χ2v) is 8.31. The molecule has 0 bridgehead atoms. The zero-order valence-corrected chi connectivity index (χ0v) is 17.2. The van der Waals surface area contributed by atoms with Crippen molar-refractivity contribution in [3.63, 3.8) is 0 Å². The molecule has 2 aromatic carbocycles. The highest BCUT2D eigenvalue weighted by molar-refractivity contribution is 6.30. The second-order valence-electron chi connectivity index (χ2n) is 7.88. The van der Waals surface area contributed by atoms with Crippen LogP contribution in [0.5, 0.6) is 0 Å². The van der Waals surface area contributed by atoms with Crippen LogP contribution in [0, 0.1) is 0 Å². The number of anilines is 2. The fourth-order valence-corrected chi connectivity index (χ4v) is 4.62. The summed E-state index contributed by atoms with van der Waals surface area (Å²) in [5, 5.41) is 5.83. The quantitative estimate of drug-likeness (QED) is 0.704. The van der Waals surface area contributed by atoms with Gasteiger partial charge in [0.05, 0.1) is 0 Å². The van der Waals surface area contributed by atoms with Crippen LogP contribution in [-0.2, 0) is 22.6 Å². The lowest BCUT2D eigenvalue weighted by Crippen LogP contribution is -2.52. The number of rotatable bonds is 2. The molecule has 2 aromatic rings. The van der Waals surface area contributed by atoms with Gasteiger partial charge in [-0.1, -0.05) is 11.6 Å². The van der Waals surface area contributed by atoms with Crippen LogP contribution in [0.1, 0.15) is 34.3 Å². The number of benzene rings is 2. The Kier molecular flexibility index (Phi) is 4.66. The standard InChI is InChI=1S/C22H19ClN4O4/c23-14-1-4-17-12(9-14)7-8-26(17)22(31)24-15-2-3-16-13(10-15)11-27(21(16)30)18-5-6-19(28)25-20(18)29/h1-4,9-10,18H,5-8,11H2,(H,24,31)(H,25,28,29). The van der Waals surface area contributed by atoms with E-state index in [4.69, 9.17) is 11.6 Å². The number of imide groups is 1. The van der Waals surface area contributed by atoms with E-state index in [0.29, 0.717) is 29.2 Å². The van der Waals surface area contributed by atoms with E-state index in [-0.39, 0.29) is 30.8 Å². The van der Waals surface area contributed by atoms with Gasteiger partial charge in [-0.2, -0.15) is 0 Å². The molecule has 0 spiro atoms. The van der Waals surface area contributed by atoms with Crippen LogP contribution in [0.3, 0.4) is 0 Å². The van der Waals surface area contributed by atoms with Gasteiger partial charge in [-0.3, -0.25) is 24.6 Å². The van der Waals surface area contributed by atoms with Crippen molar-refractivity contribution >= 4 is 46.7 Å². The number of fused-ring (bicyclic) bond motifs is 2. The summed E-state index contributed by atoms with van der Waals surface area (Å²) < 4.78 is 0. The molecular weight excluding hydrogens is 420 g/mol.